The zero-order chi connectivity index (χ0) is 11.8. The predicted octanol–water partition coefficient (Wildman–Crippen LogP) is 0.800. The van der Waals surface area contributed by atoms with Gasteiger partial charge < -0.3 is 15.8 Å². The van der Waals surface area contributed by atoms with Gasteiger partial charge in [0.25, 0.3) is 0 Å². The molecule has 1 aromatic rings. The maximum absolute atomic E-state index is 13.1. The largest absolute Gasteiger partial charge is 0.375 e. The summed E-state index contributed by atoms with van der Waals surface area (Å²) >= 11 is 0. The molecule has 1 saturated heterocycles. The average molecular weight is 224 g/mol. The number of carbonyl (C=O) groups excluding carboxylic acids is 1. The van der Waals surface area contributed by atoms with E-state index in [0.29, 0.717) is 5.69 Å². The van der Waals surface area contributed by atoms with Crippen molar-refractivity contribution < 1.29 is 13.9 Å². The first-order valence-corrected chi connectivity index (χ1v) is 4.95. The van der Waals surface area contributed by atoms with Gasteiger partial charge in [0.1, 0.15) is 5.82 Å². The van der Waals surface area contributed by atoms with Crippen LogP contribution in [0.3, 0.4) is 0 Å². The van der Waals surface area contributed by atoms with Crippen LogP contribution in [0.1, 0.15) is 5.56 Å². The number of amides is 1. The molecule has 1 heterocycles. The molecule has 1 aliphatic heterocycles. The van der Waals surface area contributed by atoms with Crippen LogP contribution in [-0.4, -0.2) is 24.7 Å². The average Bonchev–Trinajstić information content (AvgIpc) is 2.09. The summed E-state index contributed by atoms with van der Waals surface area (Å²) < 4.78 is 18.1. The molecule has 0 spiro atoms. The Morgan fingerprint density at radius 1 is 1.50 bits per heavy atom. The van der Waals surface area contributed by atoms with Crippen LogP contribution in [-0.2, 0) is 9.53 Å². The minimum absolute atomic E-state index is 0.220. The Labute approximate surface area is 92.6 Å². The summed E-state index contributed by atoms with van der Waals surface area (Å²) in [5, 5.41) is 2.93. The Balaban J connectivity index is 2.22. The van der Waals surface area contributed by atoms with Crippen molar-refractivity contribution in [3.63, 3.8) is 0 Å². The molecule has 0 atom stereocenters. The van der Waals surface area contributed by atoms with E-state index < -0.39 is 11.4 Å². The molecule has 0 unspecified atom stereocenters. The number of aryl methyl sites for hydroxylation is 1. The van der Waals surface area contributed by atoms with Crippen molar-refractivity contribution in [2.24, 2.45) is 5.73 Å². The molecule has 16 heavy (non-hydrogen) atoms. The lowest BCUT2D eigenvalue weighted by Crippen LogP contribution is -2.64. The van der Waals surface area contributed by atoms with E-state index >= 15 is 0 Å². The highest BCUT2D eigenvalue weighted by Gasteiger charge is 2.44. The number of hydrogen-bond acceptors (Lipinski definition) is 3. The van der Waals surface area contributed by atoms with Crippen LogP contribution in [0.5, 0.6) is 0 Å². The molecule has 0 bridgehead atoms. The maximum Gasteiger partial charge on any atom is 0.247 e. The standard InChI is InChI=1S/C11H13FN2O2/c1-7-2-8(12)4-9(3-7)14-11(10(13)15)5-16-6-11/h2-4,14H,5-6H2,1H3,(H2,13,15). The van der Waals surface area contributed by atoms with Crippen LogP contribution in [0.25, 0.3) is 0 Å². The second-order valence-electron chi connectivity index (χ2n) is 4.08. The second-order valence-corrected chi connectivity index (χ2v) is 4.08. The number of benzene rings is 1. The van der Waals surface area contributed by atoms with Gasteiger partial charge in [0.15, 0.2) is 5.54 Å². The number of rotatable bonds is 3. The molecule has 0 saturated carbocycles. The minimum Gasteiger partial charge on any atom is -0.375 e. The number of nitrogens with one attached hydrogen (secondary N) is 1. The zero-order valence-corrected chi connectivity index (χ0v) is 8.92. The molecule has 1 aromatic carbocycles. The fourth-order valence-corrected chi connectivity index (χ4v) is 1.67. The van der Waals surface area contributed by atoms with Crippen LogP contribution >= 0.6 is 0 Å². The van der Waals surface area contributed by atoms with Crippen LogP contribution in [0.4, 0.5) is 10.1 Å². The Bertz CT molecular complexity index is 410. The van der Waals surface area contributed by atoms with Gasteiger partial charge in [-0.05, 0) is 30.7 Å². The molecular formula is C11H13FN2O2. The van der Waals surface area contributed by atoms with Crippen molar-refractivity contribution in [2.75, 3.05) is 18.5 Å². The molecular weight excluding hydrogens is 211 g/mol. The summed E-state index contributed by atoms with van der Waals surface area (Å²) in [5.41, 5.74) is 5.71. The van der Waals surface area contributed by atoms with Crippen molar-refractivity contribution in [3.8, 4) is 0 Å². The van der Waals surface area contributed by atoms with E-state index in [1.807, 2.05) is 0 Å². The highest BCUT2D eigenvalue weighted by atomic mass is 19.1. The van der Waals surface area contributed by atoms with E-state index in [1.54, 1.807) is 13.0 Å². The normalized spacial score (nSPS) is 17.6. The van der Waals surface area contributed by atoms with Crippen molar-refractivity contribution in [2.45, 2.75) is 12.5 Å². The van der Waals surface area contributed by atoms with Crippen molar-refractivity contribution >= 4 is 11.6 Å². The lowest BCUT2D eigenvalue weighted by atomic mass is 9.96. The first kappa shape index (κ1) is 10.9. The zero-order valence-electron chi connectivity index (χ0n) is 8.92. The van der Waals surface area contributed by atoms with E-state index in [4.69, 9.17) is 10.5 Å². The third-order valence-corrected chi connectivity index (χ3v) is 2.59. The minimum atomic E-state index is -0.889. The number of hydrogen-bond donors (Lipinski definition) is 2. The van der Waals surface area contributed by atoms with Gasteiger partial charge in [-0.1, -0.05) is 0 Å². The molecule has 3 N–H and O–H groups in total. The molecule has 4 nitrogen and oxygen atoms in total. The number of nitrogens with two attached hydrogens (primary N) is 1. The first-order chi connectivity index (χ1) is 7.52. The summed E-state index contributed by atoms with van der Waals surface area (Å²) in [6, 6.07) is 4.50. The number of carbonyl (C=O) groups is 1. The fourth-order valence-electron chi connectivity index (χ4n) is 1.67. The predicted molar refractivity (Wildman–Crippen MR) is 57.5 cm³/mol. The van der Waals surface area contributed by atoms with Crippen molar-refractivity contribution in [1.29, 1.82) is 0 Å². The Hall–Kier alpha value is -1.62. The van der Waals surface area contributed by atoms with Crippen LogP contribution in [0.15, 0.2) is 18.2 Å². The van der Waals surface area contributed by atoms with Gasteiger partial charge in [0.2, 0.25) is 5.91 Å². The number of ether oxygens (including phenoxy) is 1. The van der Waals surface area contributed by atoms with Crippen molar-refractivity contribution in [3.05, 3.63) is 29.6 Å². The molecule has 2 rings (SSSR count). The third kappa shape index (κ3) is 1.86. The monoisotopic (exact) mass is 224 g/mol. The Kier molecular flexibility index (Phi) is 2.55. The summed E-state index contributed by atoms with van der Waals surface area (Å²) in [6.45, 7) is 2.22. The topological polar surface area (TPSA) is 64.3 Å². The highest BCUT2D eigenvalue weighted by molar-refractivity contribution is 5.89. The van der Waals surface area contributed by atoms with E-state index in [1.165, 1.54) is 12.1 Å². The van der Waals surface area contributed by atoms with Gasteiger partial charge in [-0.15, -0.1) is 0 Å². The molecule has 5 heteroatoms. The summed E-state index contributed by atoms with van der Waals surface area (Å²) in [6.07, 6.45) is 0. The van der Waals surface area contributed by atoms with E-state index in [-0.39, 0.29) is 19.0 Å². The first-order valence-electron chi connectivity index (χ1n) is 4.95. The number of primary amides is 1. The van der Waals surface area contributed by atoms with Gasteiger partial charge >= 0.3 is 0 Å². The van der Waals surface area contributed by atoms with Gasteiger partial charge in [0, 0.05) is 5.69 Å². The van der Waals surface area contributed by atoms with E-state index in [2.05, 4.69) is 5.32 Å². The van der Waals surface area contributed by atoms with E-state index in [0.717, 1.165) is 5.56 Å². The smallest absolute Gasteiger partial charge is 0.247 e. The number of anilines is 1. The summed E-state index contributed by atoms with van der Waals surface area (Å²) in [5.74, 6) is -0.831. The summed E-state index contributed by atoms with van der Waals surface area (Å²) in [7, 11) is 0. The van der Waals surface area contributed by atoms with Crippen molar-refractivity contribution in [1.82, 2.24) is 0 Å². The van der Waals surface area contributed by atoms with Crippen LogP contribution < -0.4 is 11.1 Å². The highest BCUT2D eigenvalue weighted by Crippen LogP contribution is 2.24. The molecule has 0 radical (unpaired) electrons. The lowest BCUT2D eigenvalue weighted by molar-refractivity contribution is -0.137. The molecule has 86 valence electrons. The molecule has 1 aliphatic rings. The molecule has 1 fully saturated rings. The Morgan fingerprint density at radius 3 is 2.62 bits per heavy atom. The molecule has 0 aromatic heterocycles. The van der Waals surface area contributed by atoms with Gasteiger partial charge in [-0.25, -0.2) is 4.39 Å². The summed E-state index contributed by atoms with van der Waals surface area (Å²) in [4.78, 5) is 11.3. The van der Waals surface area contributed by atoms with E-state index in [9.17, 15) is 9.18 Å². The van der Waals surface area contributed by atoms with Crippen LogP contribution in [0, 0.1) is 12.7 Å². The molecule has 0 aliphatic carbocycles. The second kappa shape index (κ2) is 3.75. The Morgan fingerprint density at radius 2 is 2.19 bits per heavy atom. The molecule has 1 amide bonds. The maximum atomic E-state index is 13.1. The SMILES string of the molecule is Cc1cc(F)cc(NC2(C(N)=O)COC2)c1. The van der Waals surface area contributed by atoms with Gasteiger partial charge in [-0.2, -0.15) is 0 Å². The van der Waals surface area contributed by atoms with Gasteiger partial charge in [0.05, 0.1) is 13.2 Å². The lowest BCUT2D eigenvalue weighted by Gasteiger charge is -2.39. The third-order valence-electron chi connectivity index (χ3n) is 2.59. The van der Waals surface area contributed by atoms with Gasteiger partial charge in [-0.3, -0.25) is 4.79 Å². The van der Waals surface area contributed by atoms with Crippen LogP contribution in [0.2, 0.25) is 0 Å². The quantitative estimate of drug-likeness (QED) is 0.798. The fraction of sp³-hybridized carbons (Fsp3) is 0.364. The number of halogens is 1.